The third-order valence-electron chi connectivity index (χ3n) is 7.30. The van der Waals surface area contributed by atoms with Crippen molar-refractivity contribution in [1.82, 2.24) is 9.55 Å². The summed E-state index contributed by atoms with van der Waals surface area (Å²) in [4.78, 5) is 16.7. The number of ether oxygens (including phenoxy) is 2. The van der Waals surface area contributed by atoms with Crippen molar-refractivity contribution in [1.29, 1.82) is 0 Å². The molecule has 4 rings (SSSR count). The molecule has 7 nitrogen and oxygen atoms in total. The van der Waals surface area contributed by atoms with Crippen molar-refractivity contribution < 1.29 is 28.0 Å². The molecule has 0 unspecified atom stereocenters. The highest BCUT2D eigenvalue weighted by Gasteiger charge is 2.51. The normalized spacial score (nSPS) is 15.6. The largest absolute Gasteiger partial charge is 0.494 e. The number of halogens is 1. The number of imidazole rings is 1. The second-order valence-electron chi connectivity index (χ2n) is 10.8. The smallest absolute Gasteiger partial charge is 0.465 e. The van der Waals surface area contributed by atoms with Gasteiger partial charge in [0.05, 0.1) is 41.5 Å². The number of allylic oxidation sites excluding steroid dienone is 2. The number of carbonyl (C=O) groups excluding carboxylic acids is 1. The monoisotopic (exact) mass is 538 g/mol. The molecule has 0 spiro atoms. The summed E-state index contributed by atoms with van der Waals surface area (Å²) < 4.78 is 39.3. The van der Waals surface area contributed by atoms with Crippen LogP contribution in [0.5, 0.6) is 0 Å². The van der Waals surface area contributed by atoms with Gasteiger partial charge in [-0.25, -0.2) is 14.2 Å². The predicted octanol–water partition coefficient (Wildman–Crippen LogP) is 5.47. The van der Waals surface area contributed by atoms with E-state index in [0.717, 1.165) is 5.52 Å². The molecule has 0 aliphatic carbocycles. The molecule has 39 heavy (non-hydrogen) atoms. The maximum absolute atomic E-state index is 15.2. The standard InChI is InChI=1S/C25H30BFN2O5.C5H10/c1-24(2)25(3,4)34-26(33-24)18-9-7-16(19(27)15-18)14-22-28-20-10-8-17(23(30)32-6)13-21(20)29(22)11-12-31-5;1-4-5(2)3/h7-10,13,15H,11-12,14H2,1-6H3;4H,1-3H3. The van der Waals surface area contributed by atoms with Crippen molar-refractivity contribution in [2.75, 3.05) is 20.8 Å². The molecule has 0 atom stereocenters. The molecule has 1 saturated heterocycles. The molecule has 9 heteroatoms. The third kappa shape index (κ3) is 6.96. The van der Waals surface area contributed by atoms with Gasteiger partial charge in [0.15, 0.2) is 0 Å². The second-order valence-corrected chi connectivity index (χ2v) is 10.8. The zero-order valence-electron chi connectivity index (χ0n) is 24.6. The second kappa shape index (κ2) is 12.4. The number of esters is 1. The third-order valence-corrected chi connectivity index (χ3v) is 7.30. The van der Waals surface area contributed by atoms with Crippen LogP contribution in [0.1, 0.15) is 70.2 Å². The van der Waals surface area contributed by atoms with E-state index >= 15 is 4.39 Å². The van der Waals surface area contributed by atoms with Crippen molar-refractivity contribution in [3.8, 4) is 0 Å². The van der Waals surface area contributed by atoms with Crippen molar-refractivity contribution in [3.63, 3.8) is 0 Å². The molecule has 0 N–H and O–H groups in total. The van der Waals surface area contributed by atoms with Gasteiger partial charge in [-0.05, 0) is 83.8 Å². The van der Waals surface area contributed by atoms with E-state index in [1.165, 1.54) is 18.7 Å². The molecule has 1 aliphatic rings. The topological polar surface area (TPSA) is 71.8 Å². The number of hydrogen-bond donors (Lipinski definition) is 0. The molecular formula is C30H40BFN2O5. The van der Waals surface area contributed by atoms with Gasteiger partial charge in [0.25, 0.3) is 0 Å². The summed E-state index contributed by atoms with van der Waals surface area (Å²) in [6, 6.07) is 10.2. The maximum Gasteiger partial charge on any atom is 0.494 e. The van der Waals surface area contributed by atoms with E-state index in [2.05, 4.69) is 19.9 Å². The molecule has 3 aromatic rings. The molecule has 1 fully saturated rings. The fraction of sp³-hybridized carbons (Fsp3) is 0.467. The van der Waals surface area contributed by atoms with Crippen LogP contribution in [0.15, 0.2) is 48.0 Å². The molecule has 210 valence electrons. The Morgan fingerprint density at radius 2 is 1.72 bits per heavy atom. The van der Waals surface area contributed by atoms with Crippen LogP contribution in [-0.2, 0) is 31.7 Å². The predicted molar refractivity (Wildman–Crippen MR) is 153 cm³/mol. The minimum absolute atomic E-state index is 0.279. The van der Waals surface area contributed by atoms with E-state index in [9.17, 15) is 4.79 Å². The molecule has 0 saturated carbocycles. The van der Waals surface area contributed by atoms with E-state index in [4.69, 9.17) is 23.8 Å². The van der Waals surface area contributed by atoms with Crippen molar-refractivity contribution in [2.24, 2.45) is 0 Å². The summed E-state index contributed by atoms with van der Waals surface area (Å²) in [7, 11) is 2.33. The lowest BCUT2D eigenvalue weighted by Gasteiger charge is -2.32. The molecule has 1 aliphatic heterocycles. The van der Waals surface area contributed by atoms with Gasteiger partial charge in [-0.1, -0.05) is 23.8 Å². The Balaban J connectivity index is 0.000000771. The van der Waals surface area contributed by atoms with Crippen LogP contribution in [0.3, 0.4) is 0 Å². The number of nitrogens with zero attached hydrogens (tertiary/aromatic N) is 2. The number of hydrogen-bond acceptors (Lipinski definition) is 6. The Labute approximate surface area is 231 Å². The Morgan fingerprint density at radius 3 is 2.26 bits per heavy atom. The van der Waals surface area contributed by atoms with Crippen LogP contribution in [0.4, 0.5) is 4.39 Å². The first kappa shape index (κ1) is 30.5. The highest BCUT2D eigenvalue weighted by molar-refractivity contribution is 6.62. The van der Waals surface area contributed by atoms with Gasteiger partial charge in [-0.15, -0.1) is 0 Å². The lowest BCUT2D eigenvalue weighted by molar-refractivity contribution is 0.00578. The number of rotatable bonds is 7. The van der Waals surface area contributed by atoms with Gasteiger partial charge in [0.1, 0.15) is 11.6 Å². The average molecular weight is 538 g/mol. The fourth-order valence-electron chi connectivity index (χ4n) is 3.99. The molecule has 1 aromatic heterocycles. The van der Waals surface area contributed by atoms with Crippen molar-refractivity contribution in [2.45, 2.75) is 72.6 Å². The first-order valence-electron chi connectivity index (χ1n) is 13.1. The quantitative estimate of drug-likeness (QED) is 0.226. The number of fused-ring (bicyclic) bond motifs is 1. The lowest BCUT2D eigenvalue weighted by Crippen LogP contribution is -2.41. The highest BCUT2D eigenvalue weighted by Crippen LogP contribution is 2.36. The fourth-order valence-corrected chi connectivity index (χ4v) is 3.99. The summed E-state index contributed by atoms with van der Waals surface area (Å²) in [6.45, 7) is 15.0. The van der Waals surface area contributed by atoms with Crippen LogP contribution < -0.4 is 5.46 Å². The van der Waals surface area contributed by atoms with Gasteiger partial charge in [0.2, 0.25) is 0 Å². The minimum atomic E-state index is -0.628. The SMILES string of the molecule is CC=C(C)C.COCCn1c(Cc2ccc(B3OC(C)(C)C(C)(C)O3)cc2F)nc2ccc(C(=O)OC)cc21. The van der Waals surface area contributed by atoms with Crippen LogP contribution in [0.25, 0.3) is 11.0 Å². The Bertz CT molecular complexity index is 1330. The summed E-state index contributed by atoms with van der Waals surface area (Å²) in [6.07, 6.45) is 2.36. The van der Waals surface area contributed by atoms with E-state index in [1.54, 1.807) is 31.4 Å². The Morgan fingerprint density at radius 1 is 1.08 bits per heavy atom. The summed E-state index contributed by atoms with van der Waals surface area (Å²) >= 11 is 0. The zero-order valence-corrected chi connectivity index (χ0v) is 24.6. The van der Waals surface area contributed by atoms with Crippen molar-refractivity contribution >= 4 is 29.6 Å². The molecule has 0 bridgehead atoms. The highest BCUT2D eigenvalue weighted by atomic mass is 19.1. The number of methoxy groups -OCH3 is 2. The van der Waals surface area contributed by atoms with Gasteiger partial charge in [-0.3, -0.25) is 0 Å². The van der Waals surface area contributed by atoms with E-state index in [1.807, 2.05) is 45.3 Å². The summed E-state index contributed by atoms with van der Waals surface area (Å²) in [5, 5.41) is 0. The molecule has 2 heterocycles. The van der Waals surface area contributed by atoms with Gasteiger partial charge in [0, 0.05) is 20.1 Å². The average Bonchev–Trinajstić information content (AvgIpc) is 3.34. The summed E-state index contributed by atoms with van der Waals surface area (Å²) in [5.74, 6) is -0.101. The van der Waals surface area contributed by atoms with Gasteiger partial charge < -0.3 is 23.3 Å². The number of aromatic nitrogens is 2. The Kier molecular flexibility index (Phi) is 9.75. The number of benzene rings is 2. The van der Waals surface area contributed by atoms with Crippen LogP contribution in [-0.4, -0.2) is 54.7 Å². The van der Waals surface area contributed by atoms with E-state index in [0.29, 0.717) is 41.1 Å². The molecular weight excluding hydrogens is 498 g/mol. The maximum atomic E-state index is 15.2. The lowest BCUT2D eigenvalue weighted by atomic mass is 9.78. The van der Waals surface area contributed by atoms with Crippen LogP contribution in [0, 0.1) is 5.82 Å². The van der Waals surface area contributed by atoms with E-state index in [-0.39, 0.29) is 12.2 Å². The zero-order chi connectivity index (χ0) is 29.0. The van der Waals surface area contributed by atoms with Crippen LogP contribution >= 0.6 is 0 Å². The van der Waals surface area contributed by atoms with E-state index < -0.39 is 24.3 Å². The number of carbonyl (C=O) groups is 1. The molecule has 0 radical (unpaired) electrons. The first-order chi connectivity index (χ1) is 18.3. The first-order valence-corrected chi connectivity index (χ1v) is 13.1. The Hall–Kier alpha value is -3.01. The van der Waals surface area contributed by atoms with Gasteiger partial charge in [-0.2, -0.15) is 0 Å². The molecule has 0 amide bonds. The van der Waals surface area contributed by atoms with Crippen molar-refractivity contribution in [3.05, 3.63) is 70.8 Å². The minimum Gasteiger partial charge on any atom is -0.465 e. The van der Waals surface area contributed by atoms with Crippen LogP contribution in [0.2, 0.25) is 0 Å². The summed E-state index contributed by atoms with van der Waals surface area (Å²) in [5.41, 5.74) is 3.43. The molecule has 2 aromatic carbocycles. The van der Waals surface area contributed by atoms with Gasteiger partial charge >= 0.3 is 13.1 Å².